The summed E-state index contributed by atoms with van der Waals surface area (Å²) in [6, 6.07) is 0. The molecule has 5 heteroatoms. The molecule has 1 fully saturated rings. The molecule has 2 atom stereocenters. The van der Waals surface area contributed by atoms with Crippen LogP contribution in [0.25, 0.3) is 0 Å². The van der Waals surface area contributed by atoms with E-state index in [4.69, 9.17) is 4.74 Å². The number of aromatic nitrogens is 2. The lowest BCUT2D eigenvalue weighted by Gasteiger charge is -2.27. The number of hydrogen-bond donors (Lipinski definition) is 2. The second-order valence-corrected chi connectivity index (χ2v) is 4.69. The van der Waals surface area contributed by atoms with Crippen LogP contribution in [0.5, 0.6) is 0 Å². The molecule has 1 aliphatic heterocycles. The van der Waals surface area contributed by atoms with Gasteiger partial charge < -0.3 is 10.1 Å². The third-order valence-electron chi connectivity index (χ3n) is 3.36. The van der Waals surface area contributed by atoms with E-state index in [0.717, 1.165) is 17.7 Å². The fourth-order valence-corrected chi connectivity index (χ4v) is 2.14. The second-order valence-electron chi connectivity index (χ2n) is 4.69. The van der Waals surface area contributed by atoms with E-state index in [0.29, 0.717) is 25.7 Å². The van der Waals surface area contributed by atoms with Gasteiger partial charge >= 0.3 is 0 Å². The van der Waals surface area contributed by atoms with Crippen LogP contribution in [0.1, 0.15) is 24.6 Å². The summed E-state index contributed by atoms with van der Waals surface area (Å²) in [6.45, 7) is 5.93. The molecule has 0 spiro atoms. The molecule has 0 aromatic carbocycles. The predicted molar refractivity (Wildman–Crippen MR) is 63.3 cm³/mol. The monoisotopic (exact) mass is 237 g/mol. The van der Waals surface area contributed by atoms with Crippen LogP contribution in [0.15, 0.2) is 6.20 Å². The minimum atomic E-state index is 0.0796. The largest absolute Gasteiger partial charge is 0.381 e. The molecule has 1 aromatic rings. The zero-order chi connectivity index (χ0) is 12.3. The summed E-state index contributed by atoms with van der Waals surface area (Å²) in [7, 11) is 0. The Labute approximate surface area is 101 Å². The number of hydrogen-bond acceptors (Lipinski definition) is 3. The summed E-state index contributed by atoms with van der Waals surface area (Å²) >= 11 is 0. The van der Waals surface area contributed by atoms with Crippen molar-refractivity contribution in [1.29, 1.82) is 0 Å². The summed E-state index contributed by atoms with van der Waals surface area (Å²) in [4.78, 5) is 12.0. The number of nitrogens with zero attached hydrogens (tertiary/aromatic N) is 1. The van der Waals surface area contributed by atoms with Crippen molar-refractivity contribution in [3.05, 3.63) is 17.5 Å². The molecule has 0 aliphatic carbocycles. The van der Waals surface area contributed by atoms with Crippen molar-refractivity contribution >= 4 is 5.91 Å². The number of amides is 1. The maximum atomic E-state index is 12.0. The molecular formula is C12H19N3O2. The molecule has 94 valence electrons. The van der Waals surface area contributed by atoms with E-state index in [1.165, 1.54) is 0 Å². The Kier molecular flexibility index (Phi) is 3.78. The first kappa shape index (κ1) is 12.1. The molecule has 5 nitrogen and oxygen atoms in total. The van der Waals surface area contributed by atoms with Crippen LogP contribution in [-0.2, 0) is 16.1 Å². The van der Waals surface area contributed by atoms with Crippen molar-refractivity contribution < 1.29 is 9.53 Å². The molecule has 17 heavy (non-hydrogen) atoms. The molecule has 2 N–H and O–H groups in total. The van der Waals surface area contributed by atoms with Crippen molar-refractivity contribution in [2.45, 2.75) is 26.8 Å². The topological polar surface area (TPSA) is 67.0 Å². The summed E-state index contributed by atoms with van der Waals surface area (Å²) in [5, 5.41) is 9.76. The Balaban J connectivity index is 1.86. The number of carbonyl (C=O) groups is 1. The van der Waals surface area contributed by atoms with Gasteiger partial charge in [0.05, 0.1) is 6.20 Å². The number of ether oxygens (including phenoxy) is 1. The maximum absolute atomic E-state index is 12.0. The summed E-state index contributed by atoms with van der Waals surface area (Å²) < 4.78 is 5.34. The fourth-order valence-electron chi connectivity index (χ4n) is 2.14. The van der Waals surface area contributed by atoms with Crippen LogP contribution in [0, 0.1) is 18.8 Å². The Bertz CT molecular complexity index is 389. The average Bonchev–Trinajstić information content (AvgIpc) is 2.72. The van der Waals surface area contributed by atoms with Crippen molar-refractivity contribution in [3.8, 4) is 0 Å². The van der Waals surface area contributed by atoms with Gasteiger partial charge in [-0.05, 0) is 19.3 Å². The van der Waals surface area contributed by atoms with Gasteiger partial charge in [0.25, 0.3) is 0 Å². The highest BCUT2D eigenvalue weighted by molar-refractivity contribution is 5.79. The standard InChI is InChI=1S/C12H19N3O2/c1-8-7-17-4-3-11(8)12(16)13-5-10-6-14-15-9(10)2/h6,8,11H,3-5,7H2,1-2H3,(H,13,16)(H,14,15). The fraction of sp³-hybridized carbons (Fsp3) is 0.667. The van der Waals surface area contributed by atoms with Gasteiger partial charge in [0.2, 0.25) is 5.91 Å². The number of aryl methyl sites for hydroxylation is 1. The highest BCUT2D eigenvalue weighted by atomic mass is 16.5. The number of carbonyl (C=O) groups excluding carboxylic acids is 1. The quantitative estimate of drug-likeness (QED) is 0.824. The van der Waals surface area contributed by atoms with Gasteiger partial charge in [-0.25, -0.2) is 0 Å². The van der Waals surface area contributed by atoms with Crippen molar-refractivity contribution in [1.82, 2.24) is 15.5 Å². The summed E-state index contributed by atoms with van der Waals surface area (Å²) in [5.41, 5.74) is 2.04. The molecule has 1 aromatic heterocycles. The maximum Gasteiger partial charge on any atom is 0.223 e. The van der Waals surface area contributed by atoms with Gasteiger partial charge in [-0.15, -0.1) is 0 Å². The van der Waals surface area contributed by atoms with E-state index in [9.17, 15) is 4.79 Å². The highest BCUT2D eigenvalue weighted by Gasteiger charge is 2.28. The zero-order valence-electron chi connectivity index (χ0n) is 10.3. The molecule has 0 radical (unpaired) electrons. The zero-order valence-corrected chi connectivity index (χ0v) is 10.3. The molecule has 2 unspecified atom stereocenters. The Morgan fingerprint density at radius 2 is 2.53 bits per heavy atom. The van der Waals surface area contributed by atoms with Gasteiger partial charge in [-0.2, -0.15) is 5.10 Å². The van der Waals surface area contributed by atoms with Crippen molar-refractivity contribution in [2.24, 2.45) is 11.8 Å². The Morgan fingerprint density at radius 3 is 3.18 bits per heavy atom. The van der Waals surface area contributed by atoms with Crippen LogP contribution >= 0.6 is 0 Å². The molecule has 1 aliphatic rings. The van der Waals surface area contributed by atoms with E-state index in [2.05, 4.69) is 22.4 Å². The van der Waals surface area contributed by atoms with Gasteiger partial charge in [0.15, 0.2) is 0 Å². The average molecular weight is 237 g/mol. The van der Waals surface area contributed by atoms with Gasteiger partial charge in [0, 0.05) is 36.9 Å². The molecule has 1 saturated heterocycles. The van der Waals surface area contributed by atoms with Crippen molar-refractivity contribution in [2.75, 3.05) is 13.2 Å². The minimum Gasteiger partial charge on any atom is -0.381 e. The lowest BCUT2D eigenvalue weighted by Crippen LogP contribution is -2.38. The predicted octanol–water partition coefficient (Wildman–Crippen LogP) is 1.01. The normalized spacial score (nSPS) is 24.6. The van der Waals surface area contributed by atoms with Gasteiger partial charge in [0.1, 0.15) is 0 Å². The van der Waals surface area contributed by atoms with E-state index in [-0.39, 0.29) is 11.8 Å². The first-order valence-corrected chi connectivity index (χ1v) is 6.02. The van der Waals surface area contributed by atoms with Gasteiger partial charge in [-0.1, -0.05) is 6.92 Å². The first-order chi connectivity index (χ1) is 8.18. The summed E-state index contributed by atoms with van der Waals surface area (Å²) in [6.07, 6.45) is 2.57. The molecule has 1 amide bonds. The lowest BCUT2D eigenvalue weighted by atomic mass is 9.89. The van der Waals surface area contributed by atoms with E-state index < -0.39 is 0 Å². The first-order valence-electron chi connectivity index (χ1n) is 6.02. The van der Waals surface area contributed by atoms with Crippen LogP contribution < -0.4 is 5.32 Å². The smallest absolute Gasteiger partial charge is 0.223 e. The minimum absolute atomic E-state index is 0.0796. The van der Waals surface area contributed by atoms with E-state index in [1.807, 2.05) is 6.92 Å². The van der Waals surface area contributed by atoms with Crippen LogP contribution in [0.3, 0.4) is 0 Å². The van der Waals surface area contributed by atoms with Crippen LogP contribution in [-0.4, -0.2) is 29.3 Å². The molecule has 0 bridgehead atoms. The third-order valence-corrected chi connectivity index (χ3v) is 3.36. The van der Waals surface area contributed by atoms with Crippen LogP contribution in [0.4, 0.5) is 0 Å². The highest BCUT2D eigenvalue weighted by Crippen LogP contribution is 2.21. The number of rotatable bonds is 3. The molecule has 2 rings (SSSR count). The second kappa shape index (κ2) is 5.31. The number of H-pyrrole nitrogens is 1. The molecular weight excluding hydrogens is 218 g/mol. The Morgan fingerprint density at radius 1 is 1.71 bits per heavy atom. The molecule has 2 heterocycles. The number of nitrogens with one attached hydrogen (secondary N) is 2. The van der Waals surface area contributed by atoms with E-state index >= 15 is 0 Å². The number of aromatic amines is 1. The van der Waals surface area contributed by atoms with Crippen molar-refractivity contribution in [3.63, 3.8) is 0 Å². The van der Waals surface area contributed by atoms with Crippen LogP contribution in [0.2, 0.25) is 0 Å². The van der Waals surface area contributed by atoms with E-state index in [1.54, 1.807) is 6.20 Å². The Hall–Kier alpha value is -1.36. The SMILES string of the molecule is Cc1[nH]ncc1CNC(=O)C1CCOCC1C. The van der Waals surface area contributed by atoms with Gasteiger partial charge in [-0.3, -0.25) is 9.89 Å². The summed E-state index contributed by atoms with van der Waals surface area (Å²) in [5.74, 6) is 0.506. The third kappa shape index (κ3) is 2.85. The lowest BCUT2D eigenvalue weighted by molar-refractivity contribution is -0.130. The molecule has 0 saturated carbocycles.